The fourth-order valence-electron chi connectivity index (χ4n) is 2.33. The van der Waals surface area contributed by atoms with Crippen molar-refractivity contribution in [1.82, 2.24) is 9.97 Å². The van der Waals surface area contributed by atoms with Crippen LogP contribution in [0.4, 0.5) is 26.2 Å². The Labute approximate surface area is 162 Å². The summed E-state index contributed by atoms with van der Waals surface area (Å²) in [7, 11) is -4.37. The number of aromatic nitrogens is 2. The molecule has 3 rings (SSSR count). The highest BCUT2D eigenvalue weighted by Crippen LogP contribution is 2.23. The predicted molar refractivity (Wildman–Crippen MR) is 104 cm³/mol. The van der Waals surface area contributed by atoms with Gasteiger partial charge >= 0.3 is 11.7 Å². The average Bonchev–Trinajstić information content (AvgIpc) is 2.62. The lowest BCUT2D eigenvalue weighted by Gasteiger charge is -2.13. The quantitative estimate of drug-likeness (QED) is 0.426. The molecule has 0 fully saturated rings. The molecule has 29 heavy (non-hydrogen) atoms. The van der Waals surface area contributed by atoms with Gasteiger partial charge in [0.15, 0.2) is 4.90 Å². The van der Waals surface area contributed by atoms with Crippen molar-refractivity contribution < 1.29 is 17.6 Å². The summed E-state index contributed by atoms with van der Waals surface area (Å²) < 4.78 is 40.3. The molecule has 0 saturated heterocycles. The number of rotatable bonds is 5. The molecule has 2 amide bonds. The van der Waals surface area contributed by atoms with Crippen molar-refractivity contribution in [3.05, 3.63) is 81.4 Å². The number of benzene rings is 2. The molecule has 12 heteroatoms. The Hall–Kier alpha value is -3.93. The van der Waals surface area contributed by atoms with Crippen LogP contribution in [-0.4, -0.2) is 24.4 Å². The van der Waals surface area contributed by atoms with Crippen molar-refractivity contribution in [1.29, 1.82) is 0 Å². The minimum absolute atomic E-state index is 0.0347. The molecule has 0 aliphatic rings. The molecule has 2 aromatic carbocycles. The van der Waals surface area contributed by atoms with Crippen LogP contribution in [0.1, 0.15) is 0 Å². The van der Waals surface area contributed by atoms with Crippen molar-refractivity contribution in [2.75, 3.05) is 15.4 Å². The third kappa shape index (κ3) is 4.87. The molecule has 0 saturated carbocycles. The molecule has 0 aliphatic carbocycles. The van der Waals surface area contributed by atoms with E-state index in [0.29, 0.717) is 0 Å². The maximum Gasteiger partial charge on any atom is 0.325 e. The molecule has 0 bridgehead atoms. The van der Waals surface area contributed by atoms with E-state index in [1.54, 1.807) is 6.07 Å². The van der Waals surface area contributed by atoms with Crippen molar-refractivity contribution in [3.8, 4) is 0 Å². The molecular weight excluding hydrogens is 405 g/mol. The molecule has 0 unspecified atom stereocenters. The van der Waals surface area contributed by atoms with Gasteiger partial charge in [-0.25, -0.2) is 22.4 Å². The Morgan fingerprint density at radius 3 is 2.38 bits per heavy atom. The number of para-hydroxylation sites is 2. The predicted octanol–water partition coefficient (Wildman–Crippen LogP) is 1.65. The van der Waals surface area contributed by atoms with Gasteiger partial charge in [-0.05, 0) is 30.3 Å². The van der Waals surface area contributed by atoms with Gasteiger partial charge in [0.25, 0.3) is 15.6 Å². The number of hydrogen-bond acceptors (Lipinski definition) is 5. The molecule has 0 atom stereocenters. The van der Waals surface area contributed by atoms with E-state index in [1.165, 1.54) is 36.4 Å². The van der Waals surface area contributed by atoms with E-state index in [9.17, 15) is 27.2 Å². The number of halogens is 1. The SMILES string of the molecule is O=C(Nc1cccc(F)c1)Nc1ccccc1NS(=O)(=O)c1c[nH]c(=O)[nH]c1=O. The number of carbonyl (C=O) groups is 1. The van der Waals surface area contributed by atoms with Gasteiger partial charge in [0.1, 0.15) is 5.82 Å². The van der Waals surface area contributed by atoms with Gasteiger partial charge in [-0.2, -0.15) is 0 Å². The fraction of sp³-hybridized carbons (Fsp3) is 0. The molecular formula is C17H14FN5O5S. The average molecular weight is 419 g/mol. The first-order valence-electron chi connectivity index (χ1n) is 8.02. The third-order valence-electron chi connectivity index (χ3n) is 3.58. The van der Waals surface area contributed by atoms with Crippen LogP contribution in [0.15, 0.2) is 69.2 Å². The highest BCUT2D eigenvalue weighted by molar-refractivity contribution is 7.92. The van der Waals surface area contributed by atoms with Gasteiger partial charge < -0.3 is 15.6 Å². The summed E-state index contributed by atoms with van der Waals surface area (Å²) in [4.78, 5) is 38.2. The van der Waals surface area contributed by atoms with Crippen LogP contribution in [0.3, 0.4) is 0 Å². The van der Waals surface area contributed by atoms with Crippen molar-refractivity contribution >= 4 is 33.1 Å². The molecule has 1 heterocycles. The van der Waals surface area contributed by atoms with E-state index >= 15 is 0 Å². The topological polar surface area (TPSA) is 153 Å². The summed E-state index contributed by atoms with van der Waals surface area (Å²) in [6, 6.07) is 10.3. The molecule has 0 spiro atoms. The van der Waals surface area contributed by atoms with Crippen LogP contribution < -0.4 is 26.6 Å². The van der Waals surface area contributed by atoms with Crippen molar-refractivity contribution in [2.45, 2.75) is 4.90 Å². The van der Waals surface area contributed by atoms with Gasteiger partial charge in [-0.15, -0.1) is 0 Å². The number of sulfonamides is 1. The smallest absolute Gasteiger partial charge is 0.313 e. The van der Waals surface area contributed by atoms with Crippen LogP contribution in [0.2, 0.25) is 0 Å². The van der Waals surface area contributed by atoms with Crippen LogP contribution >= 0.6 is 0 Å². The Morgan fingerprint density at radius 2 is 1.69 bits per heavy atom. The van der Waals surface area contributed by atoms with E-state index in [0.717, 1.165) is 12.3 Å². The maximum absolute atomic E-state index is 13.2. The normalized spacial score (nSPS) is 10.9. The lowest BCUT2D eigenvalue weighted by molar-refractivity contribution is 0.262. The van der Waals surface area contributed by atoms with Crippen molar-refractivity contribution in [3.63, 3.8) is 0 Å². The third-order valence-corrected chi connectivity index (χ3v) is 4.95. The van der Waals surface area contributed by atoms with Crippen LogP contribution in [0.25, 0.3) is 0 Å². The second kappa shape index (κ2) is 7.98. The van der Waals surface area contributed by atoms with Gasteiger partial charge in [-0.1, -0.05) is 18.2 Å². The van der Waals surface area contributed by atoms with Crippen molar-refractivity contribution in [2.24, 2.45) is 0 Å². The van der Waals surface area contributed by atoms with E-state index in [-0.39, 0.29) is 17.1 Å². The van der Waals surface area contributed by atoms with Gasteiger partial charge in [0, 0.05) is 11.9 Å². The zero-order chi connectivity index (χ0) is 21.0. The number of H-pyrrole nitrogens is 2. The molecule has 10 nitrogen and oxygen atoms in total. The second-order valence-electron chi connectivity index (χ2n) is 5.68. The molecule has 3 aromatic rings. The van der Waals surface area contributed by atoms with E-state index < -0.39 is 38.0 Å². The van der Waals surface area contributed by atoms with Crippen LogP contribution in [0, 0.1) is 5.82 Å². The summed E-state index contributed by atoms with van der Waals surface area (Å²) in [6.45, 7) is 0. The monoisotopic (exact) mass is 419 g/mol. The second-order valence-corrected chi connectivity index (χ2v) is 7.33. The van der Waals surface area contributed by atoms with Gasteiger partial charge in [0.2, 0.25) is 0 Å². The lowest BCUT2D eigenvalue weighted by atomic mass is 10.3. The van der Waals surface area contributed by atoms with E-state index in [4.69, 9.17) is 0 Å². The minimum Gasteiger partial charge on any atom is -0.313 e. The first-order valence-corrected chi connectivity index (χ1v) is 9.50. The van der Waals surface area contributed by atoms with Gasteiger partial charge in [0.05, 0.1) is 11.4 Å². The summed E-state index contributed by atoms with van der Waals surface area (Å²) in [5, 5.41) is 4.84. The first-order chi connectivity index (χ1) is 13.7. The van der Waals surface area contributed by atoms with E-state index in [2.05, 4.69) is 20.3 Å². The number of amides is 2. The number of hydrogen-bond donors (Lipinski definition) is 5. The Kier molecular flexibility index (Phi) is 5.45. The number of aromatic amines is 2. The molecule has 5 N–H and O–H groups in total. The molecule has 0 aliphatic heterocycles. The summed E-state index contributed by atoms with van der Waals surface area (Å²) in [5.74, 6) is -0.540. The first kappa shape index (κ1) is 19.8. The van der Waals surface area contributed by atoms with Gasteiger partial charge in [-0.3, -0.25) is 14.5 Å². The summed E-state index contributed by atoms with van der Waals surface area (Å²) in [5.41, 5.74) is -1.72. The highest BCUT2D eigenvalue weighted by Gasteiger charge is 2.20. The van der Waals surface area contributed by atoms with Crippen LogP contribution in [-0.2, 0) is 10.0 Å². The summed E-state index contributed by atoms with van der Waals surface area (Å²) >= 11 is 0. The molecule has 150 valence electrons. The fourth-order valence-corrected chi connectivity index (χ4v) is 3.42. The maximum atomic E-state index is 13.2. The minimum atomic E-state index is -4.37. The number of anilines is 3. The Bertz CT molecular complexity index is 1290. The highest BCUT2D eigenvalue weighted by atomic mass is 32.2. The lowest BCUT2D eigenvalue weighted by Crippen LogP contribution is -2.29. The van der Waals surface area contributed by atoms with Crippen LogP contribution in [0.5, 0.6) is 0 Å². The standard InChI is InChI=1S/C17H14FN5O5S/c18-10-4-3-5-11(8-10)20-17(26)21-12-6-1-2-7-13(12)23-29(27,28)14-9-19-16(25)22-15(14)24/h1-9,23H,(H2,20,21,26)(H2,19,22,24,25). The zero-order valence-electron chi connectivity index (χ0n) is 14.5. The number of carbonyl (C=O) groups excluding carboxylic acids is 1. The number of nitrogens with one attached hydrogen (secondary N) is 5. The molecule has 0 radical (unpaired) electrons. The van der Waals surface area contributed by atoms with E-state index in [1.807, 2.05) is 4.98 Å². The summed E-state index contributed by atoms with van der Waals surface area (Å²) in [6.07, 6.45) is 0.760. The largest absolute Gasteiger partial charge is 0.325 e. The number of urea groups is 1. The Morgan fingerprint density at radius 1 is 0.966 bits per heavy atom. The Balaban J connectivity index is 1.82. The molecule has 1 aromatic heterocycles. The zero-order valence-corrected chi connectivity index (χ0v) is 15.3.